The molecule has 3 heteroatoms. The van der Waals surface area contributed by atoms with Crippen molar-refractivity contribution in [1.82, 2.24) is 9.80 Å². The number of rotatable bonds is 2. The molecule has 4 unspecified atom stereocenters. The summed E-state index contributed by atoms with van der Waals surface area (Å²) in [6, 6.07) is 1.82. The van der Waals surface area contributed by atoms with Crippen LogP contribution < -0.4 is 0 Å². The average molecular weight is 212 g/mol. The van der Waals surface area contributed by atoms with Gasteiger partial charge in [-0.25, -0.2) is 0 Å². The predicted molar refractivity (Wildman–Crippen MR) is 61.9 cm³/mol. The summed E-state index contributed by atoms with van der Waals surface area (Å²) in [5.41, 5.74) is 0. The van der Waals surface area contributed by atoms with Crippen molar-refractivity contribution in [3.63, 3.8) is 0 Å². The standard InChI is InChI=1S/C12H24N2O/c1-9(10(2)15)14-7-6-11-4-5-12(8-14)13(11)3/h9-12,15H,4-8H2,1-3H3. The SMILES string of the molecule is CC(O)C(C)N1CCC2CCC(C1)N2C. The van der Waals surface area contributed by atoms with Crippen molar-refractivity contribution in [2.24, 2.45) is 0 Å². The van der Waals surface area contributed by atoms with E-state index < -0.39 is 0 Å². The van der Waals surface area contributed by atoms with Crippen molar-refractivity contribution in [2.75, 3.05) is 20.1 Å². The molecular weight excluding hydrogens is 188 g/mol. The monoisotopic (exact) mass is 212 g/mol. The van der Waals surface area contributed by atoms with Gasteiger partial charge in [-0.1, -0.05) is 0 Å². The number of hydrogen-bond acceptors (Lipinski definition) is 3. The molecule has 88 valence electrons. The largest absolute Gasteiger partial charge is 0.392 e. The van der Waals surface area contributed by atoms with Crippen molar-refractivity contribution < 1.29 is 5.11 Å². The maximum atomic E-state index is 9.65. The lowest BCUT2D eigenvalue weighted by atomic mass is 10.1. The maximum absolute atomic E-state index is 9.65. The van der Waals surface area contributed by atoms with Gasteiger partial charge in [0.15, 0.2) is 0 Å². The molecule has 0 aromatic rings. The van der Waals surface area contributed by atoms with Crippen molar-refractivity contribution in [3.8, 4) is 0 Å². The summed E-state index contributed by atoms with van der Waals surface area (Å²) in [7, 11) is 2.26. The number of aliphatic hydroxyl groups excluding tert-OH is 1. The van der Waals surface area contributed by atoms with E-state index in [0.717, 1.165) is 25.2 Å². The zero-order valence-corrected chi connectivity index (χ0v) is 10.2. The van der Waals surface area contributed by atoms with E-state index in [1.165, 1.54) is 19.3 Å². The highest BCUT2D eigenvalue weighted by Gasteiger charge is 2.36. The van der Waals surface area contributed by atoms with Crippen LogP contribution in [-0.4, -0.2) is 59.3 Å². The Hall–Kier alpha value is -0.120. The Morgan fingerprint density at radius 1 is 1.13 bits per heavy atom. The number of likely N-dealkylation sites (tertiary alicyclic amines) is 1. The van der Waals surface area contributed by atoms with Gasteiger partial charge in [-0.05, 0) is 40.2 Å². The highest BCUT2D eigenvalue weighted by atomic mass is 16.3. The van der Waals surface area contributed by atoms with Crippen LogP contribution in [0.25, 0.3) is 0 Å². The van der Waals surface area contributed by atoms with E-state index in [0.29, 0.717) is 6.04 Å². The Morgan fingerprint density at radius 2 is 1.80 bits per heavy atom. The summed E-state index contributed by atoms with van der Waals surface area (Å²) >= 11 is 0. The third-order valence-electron chi connectivity index (χ3n) is 4.45. The van der Waals surface area contributed by atoms with Crippen LogP contribution in [0.15, 0.2) is 0 Å². The maximum Gasteiger partial charge on any atom is 0.0664 e. The van der Waals surface area contributed by atoms with Gasteiger partial charge < -0.3 is 5.11 Å². The molecule has 0 amide bonds. The molecule has 0 radical (unpaired) electrons. The smallest absolute Gasteiger partial charge is 0.0664 e. The zero-order valence-electron chi connectivity index (χ0n) is 10.2. The second-order valence-electron chi connectivity index (χ2n) is 5.32. The molecule has 0 aliphatic carbocycles. The van der Waals surface area contributed by atoms with Crippen LogP contribution in [-0.2, 0) is 0 Å². The molecule has 0 aromatic carbocycles. The number of likely N-dealkylation sites (N-methyl/N-ethyl adjacent to an activating group) is 1. The highest BCUT2D eigenvalue weighted by Crippen LogP contribution is 2.29. The molecule has 0 aromatic heterocycles. The molecule has 2 heterocycles. The Bertz CT molecular complexity index is 220. The minimum absolute atomic E-state index is 0.216. The van der Waals surface area contributed by atoms with Gasteiger partial charge >= 0.3 is 0 Å². The van der Waals surface area contributed by atoms with Crippen LogP contribution in [0.4, 0.5) is 0 Å². The fourth-order valence-corrected chi connectivity index (χ4v) is 3.01. The third-order valence-corrected chi connectivity index (χ3v) is 4.45. The molecule has 2 fully saturated rings. The van der Waals surface area contributed by atoms with Gasteiger partial charge in [-0.3, -0.25) is 9.80 Å². The molecule has 3 nitrogen and oxygen atoms in total. The first-order valence-electron chi connectivity index (χ1n) is 6.23. The molecule has 0 saturated carbocycles. The normalized spacial score (nSPS) is 37.6. The average Bonchev–Trinajstić information content (AvgIpc) is 2.40. The second-order valence-corrected chi connectivity index (χ2v) is 5.32. The van der Waals surface area contributed by atoms with Crippen molar-refractivity contribution in [2.45, 2.75) is 57.3 Å². The first kappa shape index (κ1) is 11.4. The lowest BCUT2D eigenvalue weighted by Crippen LogP contribution is -2.45. The topological polar surface area (TPSA) is 26.7 Å². The van der Waals surface area contributed by atoms with Gasteiger partial charge in [0.25, 0.3) is 0 Å². The molecule has 4 atom stereocenters. The van der Waals surface area contributed by atoms with Gasteiger partial charge in [0.05, 0.1) is 6.10 Å². The summed E-state index contributed by atoms with van der Waals surface area (Å²) in [6.07, 6.45) is 3.76. The Balaban J connectivity index is 2.00. The van der Waals surface area contributed by atoms with Crippen LogP contribution in [0.3, 0.4) is 0 Å². The lowest BCUT2D eigenvalue weighted by Gasteiger charge is -2.32. The molecule has 0 spiro atoms. The second kappa shape index (κ2) is 4.40. The first-order chi connectivity index (χ1) is 7.09. The fraction of sp³-hybridized carbons (Fsp3) is 1.00. The minimum atomic E-state index is -0.216. The van der Waals surface area contributed by atoms with Gasteiger partial charge in [-0.2, -0.15) is 0 Å². The molecule has 2 rings (SSSR count). The van der Waals surface area contributed by atoms with E-state index in [2.05, 4.69) is 23.8 Å². The number of nitrogens with zero attached hydrogens (tertiary/aromatic N) is 2. The minimum Gasteiger partial charge on any atom is -0.392 e. The van der Waals surface area contributed by atoms with Gasteiger partial charge in [0.1, 0.15) is 0 Å². The molecule has 2 saturated heterocycles. The number of hydrogen-bond donors (Lipinski definition) is 1. The van der Waals surface area contributed by atoms with Crippen LogP contribution in [0.2, 0.25) is 0 Å². The van der Waals surface area contributed by atoms with Crippen LogP contribution in [0.5, 0.6) is 0 Å². The summed E-state index contributed by atoms with van der Waals surface area (Å²) in [5.74, 6) is 0. The molecule has 2 aliphatic heterocycles. The zero-order chi connectivity index (χ0) is 11.0. The van der Waals surface area contributed by atoms with Gasteiger partial charge in [0, 0.05) is 31.2 Å². The predicted octanol–water partition coefficient (Wildman–Crippen LogP) is 0.924. The summed E-state index contributed by atoms with van der Waals surface area (Å²) < 4.78 is 0. The Morgan fingerprint density at radius 3 is 2.47 bits per heavy atom. The van der Waals surface area contributed by atoms with Crippen LogP contribution in [0, 0.1) is 0 Å². The summed E-state index contributed by atoms with van der Waals surface area (Å²) in [4.78, 5) is 5.01. The Kier molecular flexibility index (Phi) is 3.33. The van der Waals surface area contributed by atoms with Crippen molar-refractivity contribution in [3.05, 3.63) is 0 Å². The van der Waals surface area contributed by atoms with E-state index in [-0.39, 0.29) is 6.10 Å². The van der Waals surface area contributed by atoms with E-state index in [1.807, 2.05) is 6.92 Å². The molecule has 1 N–H and O–H groups in total. The van der Waals surface area contributed by atoms with Crippen LogP contribution in [0.1, 0.15) is 33.1 Å². The van der Waals surface area contributed by atoms with Crippen molar-refractivity contribution in [1.29, 1.82) is 0 Å². The lowest BCUT2D eigenvalue weighted by molar-refractivity contribution is 0.0650. The first-order valence-corrected chi connectivity index (χ1v) is 6.23. The van der Waals surface area contributed by atoms with E-state index in [1.54, 1.807) is 0 Å². The molecular formula is C12H24N2O. The molecule has 2 aliphatic rings. The van der Waals surface area contributed by atoms with Gasteiger partial charge in [-0.15, -0.1) is 0 Å². The highest BCUT2D eigenvalue weighted by molar-refractivity contribution is 4.92. The number of aliphatic hydroxyl groups is 1. The summed E-state index contributed by atoms with van der Waals surface area (Å²) in [6.45, 7) is 6.33. The summed E-state index contributed by atoms with van der Waals surface area (Å²) in [5, 5.41) is 9.65. The molecule has 15 heavy (non-hydrogen) atoms. The quantitative estimate of drug-likeness (QED) is 0.737. The molecule has 2 bridgehead atoms. The fourth-order valence-electron chi connectivity index (χ4n) is 3.01. The van der Waals surface area contributed by atoms with E-state index in [9.17, 15) is 5.11 Å². The Labute approximate surface area is 93.1 Å². The van der Waals surface area contributed by atoms with Gasteiger partial charge in [0.2, 0.25) is 0 Å². The number of fused-ring (bicyclic) bond motifs is 2. The van der Waals surface area contributed by atoms with E-state index >= 15 is 0 Å². The third kappa shape index (κ3) is 2.19. The van der Waals surface area contributed by atoms with E-state index in [4.69, 9.17) is 0 Å². The van der Waals surface area contributed by atoms with Crippen molar-refractivity contribution >= 4 is 0 Å². The van der Waals surface area contributed by atoms with Crippen LogP contribution >= 0.6 is 0 Å².